The Balaban J connectivity index is 3.00. The number of nitriles is 1. The maximum absolute atomic E-state index is 8.66. The van der Waals surface area contributed by atoms with Crippen molar-refractivity contribution in [1.82, 2.24) is 0 Å². The summed E-state index contributed by atoms with van der Waals surface area (Å²) in [5, 5.41) is 9.40. The van der Waals surface area contributed by atoms with E-state index in [0.717, 1.165) is 22.2 Å². The van der Waals surface area contributed by atoms with E-state index < -0.39 is 6.10 Å². The second-order valence-electron chi connectivity index (χ2n) is 3.09. The molecule has 0 radical (unpaired) electrons. The van der Waals surface area contributed by atoms with Crippen LogP contribution in [0.1, 0.15) is 18.1 Å². The molecule has 0 saturated heterocycles. The SMILES string of the molecule is Cc1cccc(CBr)c1OC(C)C#N. The van der Waals surface area contributed by atoms with Gasteiger partial charge in [-0.3, -0.25) is 0 Å². The van der Waals surface area contributed by atoms with Crippen molar-refractivity contribution in [2.45, 2.75) is 25.3 Å². The molecule has 0 aliphatic carbocycles. The molecule has 1 aromatic rings. The number of aryl methyl sites for hydroxylation is 1. The fraction of sp³-hybridized carbons (Fsp3) is 0.364. The highest BCUT2D eigenvalue weighted by Gasteiger charge is 2.09. The molecule has 1 unspecified atom stereocenters. The van der Waals surface area contributed by atoms with Crippen LogP contribution in [0.4, 0.5) is 0 Å². The highest BCUT2D eigenvalue weighted by molar-refractivity contribution is 9.08. The number of para-hydroxylation sites is 1. The van der Waals surface area contributed by atoms with Crippen molar-refractivity contribution in [3.63, 3.8) is 0 Å². The predicted molar refractivity (Wildman–Crippen MR) is 59.5 cm³/mol. The van der Waals surface area contributed by atoms with E-state index in [1.54, 1.807) is 6.92 Å². The summed E-state index contributed by atoms with van der Waals surface area (Å²) >= 11 is 3.39. The third kappa shape index (κ3) is 2.49. The first-order chi connectivity index (χ1) is 6.69. The average Bonchev–Trinajstić information content (AvgIpc) is 2.20. The van der Waals surface area contributed by atoms with Crippen LogP contribution in [0.2, 0.25) is 0 Å². The van der Waals surface area contributed by atoms with Crippen LogP contribution in [0.25, 0.3) is 0 Å². The number of hydrogen-bond acceptors (Lipinski definition) is 2. The molecule has 0 spiro atoms. The summed E-state index contributed by atoms with van der Waals surface area (Å²) in [6.07, 6.45) is -0.408. The van der Waals surface area contributed by atoms with E-state index in [4.69, 9.17) is 10.00 Å². The summed E-state index contributed by atoms with van der Waals surface area (Å²) in [5.41, 5.74) is 2.14. The first-order valence-electron chi connectivity index (χ1n) is 4.39. The Morgan fingerprint density at radius 2 is 2.29 bits per heavy atom. The Morgan fingerprint density at radius 1 is 1.57 bits per heavy atom. The smallest absolute Gasteiger partial charge is 0.181 e. The van der Waals surface area contributed by atoms with Crippen molar-refractivity contribution in [2.75, 3.05) is 0 Å². The summed E-state index contributed by atoms with van der Waals surface area (Å²) in [7, 11) is 0. The molecule has 0 aliphatic rings. The number of benzene rings is 1. The van der Waals surface area contributed by atoms with Gasteiger partial charge in [0.25, 0.3) is 0 Å². The molecule has 0 amide bonds. The van der Waals surface area contributed by atoms with Gasteiger partial charge in [0.1, 0.15) is 11.8 Å². The van der Waals surface area contributed by atoms with Crippen molar-refractivity contribution >= 4 is 15.9 Å². The van der Waals surface area contributed by atoms with Crippen LogP contribution in [-0.2, 0) is 5.33 Å². The summed E-state index contributed by atoms with van der Waals surface area (Å²) in [6.45, 7) is 3.72. The lowest BCUT2D eigenvalue weighted by Gasteiger charge is -2.13. The van der Waals surface area contributed by atoms with Gasteiger partial charge in [-0.05, 0) is 19.4 Å². The molecule has 0 bridgehead atoms. The van der Waals surface area contributed by atoms with Gasteiger partial charge in [-0.2, -0.15) is 5.26 Å². The van der Waals surface area contributed by atoms with Crippen LogP contribution in [0.15, 0.2) is 18.2 Å². The molecule has 0 saturated carbocycles. The van der Waals surface area contributed by atoms with Gasteiger partial charge in [-0.1, -0.05) is 34.1 Å². The average molecular weight is 254 g/mol. The third-order valence-electron chi connectivity index (χ3n) is 1.91. The third-order valence-corrected chi connectivity index (χ3v) is 2.52. The van der Waals surface area contributed by atoms with Crippen molar-refractivity contribution in [3.8, 4) is 11.8 Å². The largest absolute Gasteiger partial charge is 0.475 e. The molecule has 14 heavy (non-hydrogen) atoms. The van der Waals surface area contributed by atoms with Crippen LogP contribution in [0.5, 0.6) is 5.75 Å². The number of hydrogen-bond donors (Lipinski definition) is 0. The topological polar surface area (TPSA) is 33.0 Å². The molecule has 1 rings (SSSR count). The van der Waals surface area contributed by atoms with Gasteiger partial charge in [0.15, 0.2) is 6.10 Å². The quantitative estimate of drug-likeness (QED) is 0.776. The van der Waals surface area contributed by atoms with Crippen LogP contribution in [0, 0.1) is 18.3 Å². The Labute approximate surface area is 92.6 Å². The van der Waals surface area contributed by atoms with Crippen LogP contribution >= 0.6 is 15.9 Å². The van der Waals surface area contributed by atoms with E-state index in [1.165, 1.54) is 0 Å². The molecule has 2 nitrogen and oxygen atoms in total. The van der Waals surface area contributed by atoms with E-state index in [2.05, 4.69) is 22.0 Å². The number of nitrogens with zero attached hydrogens (tertiary/aromatic N) is 1. The number of ether oxygens (including phenoxy) is 1. The molecule has 0 fully saturated rings. The van der Waals surface area contributed by atoms with Crippen molar-refractivity contribution < 1.29 is 4.74 Å². The molecule has 0 heterocycles. The van der Waals surface area contributed by atoms with Crippen molar-refractivity contribution in [1.29, 1.82) is 5.26 Å². The maximum atomic E-state index is 8.66. The van der Waals surface area contributed by atoms with Gasteiger partial charge in [0.2, 0.25) is 0 Å². The lowest BCUT2D eigenvalue weighted by Crippen LogP contribution is -2.10. The van der Waals surface area contributed by atoms with E-state index >= 15 is 0 Å². The second-order valence-corrected chi connectivity index (χ2v) is 3.65. The monoisotopic (exact) mass is 253 g/mol. The summed E-state index contributed by atoms with van der Waals surface area (Å²) in [6, 6.07) is 8.00. The number of alkyl halides is 1. The fourth-order valence-electron chi connectivity index (χ4n) is 1.19. The van der Waals surface area contributed by atoms with Crippen molar-refractivity contribution in [3.05, 3.63) is 29.3 Å². The van der Waals surface area contributed by atoms with Gasteiger partial charge in [-0.25, -0.2) is 0 Å². The zero-order valence-electron chi connectivity index (χ0n) is 8.25. The van der Waals surface area contributed by atoms with Gasteiger partial charge < -0.3 is 4.74 Å². The zero-order valence-corrected chi connectivity index (χ0v) is 9.84. The first-order valence-corrected chi connectivity index (χ1v) is 5.52. The van der Waals surface area contributed by atoms with Crippen LogP contribution < -0.4 is 4.74 Å². The minimum atomic E-state index is -0.408. The molecular weight excluding hydrogens is 242 g/mol. The predicted octanol–water partition coefficient (Wildman–Crippen LogP) is 3.18. The summed E-state index contributed by atoms with van der Waals surface area (Å²) < 4.78 is 5.53. The van der Waals surface area contributed by atoms with Gasteiger partial charge >= 0.3 is 0 Å². The van der Waals surface area contributed by atoms with E-state index in [-0.39, 0.29) is 0 Å². The lowest BCUT2D eigenvalue weighted by molar-refractivity contribution is 0.272. The van der Waals surface area contributed by atoms with Crippen molar-refractivity contribution in [2.24, 2.45) is 0 Å². The highest BCUT2D eigenvalue weighted by atomic mass is 79.9. The van der Waals surface area contributed by atoms with Gasteiger partial charge in [0.05, 0.1) is 0 Å². The number of rotatable bonds is 3. The fourth-order valence-corrected chi connectivity index (χ4v) is 1.63. The molecule has 1 atom stereocenters. The zero-order chi connectivity index (χ0) is 10.6. The van der Waals surface area contributed by atoms with Gasteiger partial charge in [-0.15, -0.1) is 0 Å². The maximum Gasteiger partial charge on any atom is 0.181 e. The molecule has 74 valence electrons. The normalized spacial score (nSPS) is 11.9. The molecule has 0 aromatic heterocycles. The Bertz CT molecular complexity index is 357. The Hall–Kier alpha value is -1.01. The number of halogens is 1. The molecule has 1 aromatic carbocycles. The van der Waals surface area contributed by atoms with E-state index in [1.807, 2.05) is 25.1 Å². The van der Waals surface area contributed by atoms with Crippen LogP contribution in [-0.4, -0.2) is 6.10 Å². The van der Waals surface area contributed by atoms with Crippen LogP contribution in [0.3, 0.4) is 0 Å². The minimum absolute atomic E-state index is 0.408. The molecule has 0 aliphatic heterocycles. The second kappa shape index (κ2) is 5.02. The van der Waals surface area contributed by atoms with Gasteiger partial charge in [0, 0.05) is 10.9 Å². The molecule has 0 N–H and O–H groups in total. The van der Waals surface area contributed by atoms with E-state index in [0.29, 0.717) is 0 Å². The first kappa shape index (κ1) is 11.1. The summed E-state index contributed by atoms with van der Waals surface area (Å²) in [5.74, 6) is 0.818. The molecule has 3 heteroatoms. The van der Waals surface area contributed by atoms with E-state index in [9.17, 15) is 0 Å². The Morgan fingerprint density at radius 3 is 2.86 bits per heavy atom. The Kier molecular flexibility index (Phi) is 3.97. The minimum Gasteiger partial charge on any atom is -0.475 e. The highest BCUT2D eigenvalue weighted by Crippen LogP contribution is 2.26. The summed E-state index contributed by atoms with van der Waals surface area (Å²) in [4.78, 5) is 0. The molecular formula is C11H12BrNO. The standard InChI is InChI=1S/C11H12BrNO/c1-8-4-3-5-10(6-12)11(8)14-9(2)7-13/h3-5,9H,6H2,1-2H3. The lowest BCUT2D eigenvalue weighted by atomic mass is 10.1.